The Bertz CT molecular complexity index is 695. The third-order valence-corrected chi connectivity index (χ3v) is 6.30. The second-order valence-corrected chi connectivity index (χ2v) is 8.11. The van der Waals surface area contributed by atoms with E-state index in [-0.39, 0.29) is 11.8 Å². The third kappa shape index (κ3) is 2.71. The Labute approximate surface area is 123 Å². The molecule has 0 radical (unpaired) electrons. The molecule has 3 rings (SSSR count). The average Bonchev–Trinajstić information content (AvgIpc) is 3.05. The second-order valence-electron chi connectivity index (χ2n) is 5.05. The molecular formula is C14H16N2O2S2. The summed E-state index contributed by atoms with van der Waals surface area (Å²) < 4.78 is 23.1. The van der Waals surface area contributed by atoms with Gasteiger partial charge < -0.3 is 4.90 Å². The van der Waals surface area contributed by atoms with Crippen LogP contribution in [0.5, 0.6) is 0 Å². The smallest absolute Gasteiger partial charge is 0.185 e. The molecule has 0 spiro atoms. The third-order valence-electron chi connectivity index (χ3n) is 3.62. The summed E-state index contributed by atoms with van der Waals surface area (Å²) in [5, 5.41) is 2.90. The van der Waals surface area contributed by atoms with Gasteiger partial charge in [-0.05, 0) is 6.42 Å². The van der Waals surface area contributed by atoms with Crippen LogP contribution in [0, 0.1) is 0 Å². The van der Waals surface area contributed by atoms with Crippen LogP contribution in [0.4, 0.5) is 5.13 Å². The Morgan fingerprint density at radius 3 is 2.70 bits per heavy atom. The average molecular weight is 308 g/mol. The lowest BCUT2D eigenvalue weighted by molar-refractivity contribution is 0.601. The van der Waals surface area contributed by atoms with Gasteiger partial charge in [-0.25, -0.2) is 13.4 Å². The molecule has 6 heteroatoms. The molecule has 1 aliphatic heterocycles. The minimum Gasteiger partial charge on any atom is -0.347 e. The predicted octanol–water partition coefficient (Wildman–Crippen LogP) is 2.43. The molecule has 0 aliphatic carbocycles. The number of nitrogens with zero attached hydrogens (tertiary/aromatic N) is 2. The Kier molecular flexibility index (Phi) is 3.52. The first-order valence-electron chi connectivity index (χ1n) is 6.49. The largest absolute Gasteiger partial charge is 0.347 e. The van der Waals surface area contributed by atoms with Crippen LogP contribution in [0.15, 0.2) is 35.7 Å². The summed E-state index contributed by atoms with van der Waals surface area (Å²) in [4.78, 5) is 6.62. The fraction of sp³-hybridized carbons (Fsp3) is 0.357. The van der Waals surface area contributed by atoms with E-state index in [2.05, 4.69) is 4.98 Å². The van der Waals surface area contributed by atoms with Crippen molar-refractivity contribution in [3.63, 3.8) is 0 Å². The number of benzene rings is 1. The van der Waals surface area contributed by atoms with Gasteiger partial charge in [-0.1, -0.05) is 30.3 Å². The molecule has 0 bridgehead atoms. The molecule has 1 aromatic heterocycles. The van der Waals surface area contributed by atoms with Gasteiger partial charge >= 0.3 is 0 Å². The molecule has 1 aliphatic rings. The van der Waals surface area contributed by atoms with Crippen molar-refractivity contribution in [3.05, 3.63) is 35.7 Å². The van der Waals surface area contributed by atoms with Crippen molar-refractivity contribution in [1.29, 1.82) is 0 Å². The molecule has 0 amide bonds. The SMILES string of the molecule is CN(c1nc(-c2ccccc2)cs1)[C@H]1CCS(=O)(=O)C1. The van der Waals surface area contributed by atoms with Gasteiger partial charge in [0.2, 0.25) is 0 Å². The summed E-state index contributed by atoms with van der Waals surface area (Å²) in [5.41, 5.74) is 2.03. The zero-order valence-corrected chi connectivity index (χ0v) is 12.8. The lowest BCUT2D eigenvalue weighted by Crippen LogP contribution is -2.32. The topological polar surface area (TPSA) is 50.3 Å². The Hall–Kier alpha value is -1.40. The molecule has 0 saturated carbocycles. The lowest BCUT2D eigenvalue weighted by Gasteiger charge is -2.22. The number of rotatable bonds is 3. The molecule has 1 aromatic carbocycles. The van der Waals surface area contributed by atoms with Crippen LogP contribution in [0.1, 0.15) is 6.42 Å². The highest BCUT2D eigenvalue weighted by molar-refractivity contribution is 7.91. The first-order chi connectivity index (χ1) is 9.55. The Morgan fingerprint density at radius 1 is 1.30 bits per heavy atom. The normalized spacial score (nSPS) is 20.9. The second kappa shape index (κ2) is 5.18. The molecular weight excluding hydrogens is 292 g/mol. The number of sulfone groups is 1. The first kappa shape index (κ1) is 13.6. The maximum absolute atomic E-state index is 11.6. The van der Waals surface area contributed by atoms with Crippen molar-refractivity contribution >= 4 is 26.3 Å². The summed E-state index contributed by atoms with van der Waals surface area (Å²) >= 11 is 1.56. The van der Waals surface area contributed by atoms with Crippen LogP contribution in [-0.2, 0) is 9.84 Å². The van der Waals surface area contributed by atoms with Gasteiger partial charge in [0.1, 0.15) is 0 Å². The van der Waals surface area contributed by atoms with Crippen molar-refractivity contribution in [1.82, 2.24) is 4.98 Å². The molecule has 106 valence electrons. The highest BCUT2D eigenvalue weighted by atomic mass is 32.2. The predicted molar refractivity (Wildman–Crippen MR) is 83.0 cm³/mol. The Balaban J connectivity index is 1.80. The zero-order valence-electron chi connectivity index (χ0n) is 11.2. The monoisotopic (exact) mass is 308 g/mol. The number of aromatic nitrogens is 1. The van der Waals surface area contributed by atoms with Gasteiger partial charge in [0, 0.05) is 24.0 Å². The number of hydrogen-bond donors (Lipinski definition) is 0. The van der Waals surface area contributed by atoms with E-state index in [1.54, 1.807) is 11.3 Å². The van der Waals surface area contributed by atoms with Crippen LogP contribution in [-0.4, -0.2) is 38.0 Å². The standard InChI is InChI=1S/C14H16N2O2S2/c1-16(12-7-8-20(17,18)10-12)14-15-13(9-19-14)11-5-3-2-4-6-11/h2-6,9,12H,7-8,10H2,1H3/t12-/m0/s1. The molecule has 0 unspecified atom stereocenters. The van der Waals surface area contributed by atoms with E-state index in [9.17, 15) is 8.42 Å². The van der Waals surface area contributed by atoms with Crippen LogP contribution in [0.3, 0.4) is 0 Å². The van der Waals surface area contributed by atoms with Gasteiger partial charge in [-0.15, -0.1) is 11.3 Å². The first-order valence-corrected chi connectivity index (χ1v) is 9.19. The molecule has 1 saturated heterocycles. The Morgan fingerprint density at radius 2 is 2.05 bits per heavy atom. The van der Waals surface area contributed by atoms with E-state index in [0.29, 0.717) is 12.2 Å². The molecule has 4 nitrogen and oxygen atoms in total. The van der Waals surface area contributed by atoms with Gasteiger partial charge in [0.25, 0.3) is 0 Å². The number of hydrogen-bond acceptors (Lipinski definition) is 5. The van der Waals surface area contributed by atoms with E-state index in [1.165, 1.54) is 0 Å². The van der Waals surface area contributed by atoms with Crippen LogP contribution >= 0.6 is 11.3 Å². The molecule has 20 heavy (non-hydrogen) atoms. The van der Waals surface area contributed by atoms with E-state index in [1.807, 2.05) is 47.7 Å². The van der Waals surface area contributed by atoms with E-state index < -0.39 is 9.84 Å². The number of thiazole rings is 1. The highest BCUT2D eigenvalue weighted by Gasteiger charge is 2.31. The lowest BCUT2D eigenvalue weighted by atomic mass is 10.2. The van der Waals surface area contributed by atoms with Crippen molar-refractivity contribution in [2.24, 2.45) is 0 Å². The fourth-order valence-electron chi connectivity index (χ4n) is 2.40. The van der Waals surface area contributed by atoms with Crippen LogP contribution < -0.4 is 4.90 Å². The van der Waals surface area contributed by atoms with Crippen molar-refractivity contribution in [2.75, 3.05) is 23.5 Å². The summed E-state index contributed by atoms with van der Waals surface area (Å²) in [5.74, 6) is 0.530. The van der Waals surface area contributed by atoms with Gasteiger partial charge in [0.15, 0.2) is 15.0 Å². The van der Waals surface area contributed by atoms with E-state index in [0.717, 1.165) is 16.4 Å². The number of anilines is 1. The van der Waals surface area contributed by atoms with E-state index >= 15 is 0 Å². The molecule has 2 heterocycles. The minimum atomic E-state index is -2.86. The molecule has 1 fully saturated rings. The van der Waals surface area contributed by atoms with Gasteiger partial charge in [-0.2, -0.15) is 0 Å². The molecule has 1 atom stereocenters. The van der Waals surface area contributed by atoms with Crippen molar-refractivity contribution in [3.8, 4) is 11.3 Å². The molecule has 0 N–H and O–H groups in total. The maximum atomic E-state index is 11.6. The highest BCUT2D eigenvalue weighted by Crippen LogP contribution is 2.29. The summed E-state index contributed by atoms with van der Waals surface area (Å²) in [6.07, 6.45) is 0.694. The van der Waals surface area contributed by atoms with Crippen molar-refractivity contribution in [2.45, 2.75) is 12.5 Å². The van der Waals surface area contributed by atoms with Crippen LogP contribution in [0.25, 0.3) is 11.3 Å². The summed E-state index contributed by atoms with van der Waals surface area (Å²) in [6.45, 7) is 0. The van der Waals surface area contributed by atoms with Crippen LogP contribution in [0.2, 0.25) is 0 Å². The molecule has 2 aromatic rings. The van der Waals surface area contributed by atoms with Gasteiger partial charge in [0.05, 0.1) is 17.2 Å². The summed E-state index contributed by atoms with van der Waals surface area (Å²) in [6, 6.07) is 10.1. The quantitative estimate of drug-likeness (QED) is 0.874. The fourth-order valence-corrected chi connectivity index (χ4v) is 5.05. The summed E-state index contributed by atoms with van der Waals surface area (Å²) in [7, 11) is -0.929. The van der Waals surface area contributed by atoms with E-state index in [4.69, 9.17) is 0 Å². The minimum absolute atomic E-state index is 0.0507. The van der Waals surface area contributed by atoms with Gasteiger partial charge in [-0.3, -0.25) is 0 Å². The maximum Gasteiger partial charge on any atom is 0.185 e. The van der Waals surface area contributed by atoms with Crippen molar-refractivity contribution < 1.29 is 8.42 Å². The zero-order chi connectivity index (χ0) is 14.2.